The topological polar surface area (TPSA) is 37.8 Å². The molecule has 0 fully saturated rings. The molecule has 0 aliphatic heterocycles. The van der Waals surface area contributed by atoms with Crippen LogP contribution in [0.2, 0.25) is 0 Å². The minimum absolute atomic E-state index is 0.892. The van der Waals surface area contributed by atoms with E-state index in [0.717, 1.165) is 22.6 Å². The smallest absolute Gasteiger partial charge is 0.133 e. The maximum absolute atomic E-state index is 4.27. The predicted octanol–water partition coefficient (Wildman–Crippen LogP) is 2.49. The number of hydrogen-bond donors (Lipinski definition) is 1. The molecule has 3 heteroatoms. The zero-order valence-electron chi connectivity index (χ0n) is 8.86. The van der Waals surface area contributed by atoms with Gasteiger partial charge in [0, 0.05) is 30.7 Å². The van der Waals surface area contributed by atoms with Crippen LogP contribution in [-0.2, 0) is 0 Å². The van der Waals surface area contributed by atoms with Crippen molar-refractivity contribution in [3.8, 4) is 11.1 Å². The number of rotatable bonds is 2. The second-order valence-electron chi connectivity index (χ2n) is 3.34. The molecule has 0 atom stereocenters. The van der Waals surface area contributed by atoms with Crippen molar-refractivity contribution in [1.82, 2.24) is 9.97 Å². The van der Waals surface area contributed by atoms with E-state index < -0.39 is 0 Å². The zero-order valence-corrected chi connectivity index (χ0v) is 8.86. The maximum Gasteiger partial charge on any atom is 0.133 e. The highest BCUT2D eigenvalue weighted by molar-refractivity contribution is 5.74. The molecule has 1 N–H and O–H groups in total. The Morgan fingerprint density at radius 2 is 2.00 bits per heavy atom. The quantitative estimate of drug-likeness (QED) is 0.807. The van der Waals surface area contributed by atoms with E-state index in [0.29, 0.717) is 0 Å². The number of nitrogens with one attached hydrogen (secondary N) is 1. The van der Waals surface area contributed by atoms with Gasteiger partial charge >= 0.3 is 0 Å². The highest BCUT2D eigenvalue weighted by atomic mass is 15.0. The van der Waals surface area contributed by atoms with E-state index in [9.17, 15) is 0 Å². The lowest BCUT2D eigenvalue weighted by molar-refractivity contribution is 1.20. The lowest BCUT2D eigenvalue weighted by atomic mass is 10.1. The van der Waals surface area contributed by atoms with Crippen molar-refractivity contribution in [2.24, 2.45) is 0 Å². The summed E-state index contributed by atoms with van der Waals surface area (Å²) in [5.74, 6) is 0.892. The van der Waals surface area contributed by atoms with Crippen molar-refractivity contribution in [3.05, 3.63) is 42.4 Å². The summed E-state index contributed by atoms with van der Waals surface area (Å²) in [6, 6.07) is 8.03. The van der Waals surface area contributed by atoms with Crippen LogP contribution in [-0.4, -0.2) is 17.0 Å². The normalized spacial score (nSPS) is 10.0. The molecule has 2 heterocycles. The third-order valence-corrected chi connectivity index (χ3v) is 2.25. The van der Waals surface area contributed by atoms with E-state index in [1.165, 1.54) is 0 Å². The molecule has 15 heavy (non-hydrogen) atoms. The fourth-order valence-electron chi connectivity index (χ4n) is 1.55. The molecule has 0 amide bonds. The van der Waals surface area contributed by atoms with Crippen LogP contribution in [0, 0.1) is 6.92 Å². The molecule has 2 aromatic heterocycles. The Morgan fingerprint density at radius 3 is 2.73 bits per heavy atom. The summed E-state index contributed by atoms with van der Waals surface area (Å²) in [7, 11) is 1.87. The van der Waals surface area contributed by atoms with E-state index in [2.05, 4.69) is 21.4 Å². The fraction of sp³-hybridized carbons (Fsp3) is 0.167. The van der Waals surface area contributed by atoms with Crippen LogP contribution in [0.4, 0.5) is 5.82 Å². The minimum atomic E-state index is 0.892. The molecule has 0 bridgehead atoms. The molecule has 0 aliphatic rings. The second kappa shape index (κ2) is 4.09. The first-order valence-electron chi connectivity index (χ1n) is 4.87. The molecule has 0 saturated heterocycles. The van der Waals surface area contributed by atoms with Gasteiger partial charge in [-0.2, -0.15) is 0 Å². The molecular formula is C12H13N3. The fourth-order valence-corrected chi connectivity index (χ4v) is 1.55. The summed E-state index contributed by atoms with van der Waals surface area (Å²) in [6.45, 7) is 1.99. The van der Waals surface area contributed by atoms with Gasteiger partial charge in [0.1, 0.15) is 5.82 Å². The van der Waals surface area contributed by atoms with Crippen molar-refractivity contribution in [2.45, 2.75) is 6.92 Å². The molecule has 2 aromatic rings. The van der Waals surface area contributed by atoms with Gasteiger partial charge in [-0.3, -0.25) is 4.98 Å². The van der Waals surface area contributed by atoms with Gasteiger partial charge in [0.2, 0.25) is 0 Å². The van der Waals surface area contributed by atoms with Crippen molar-refractivity contribution in [2.75, 3.05) is 12.4 Å². The molecule has 76 valence electrons. The predicted molar refractivity (Wildman–Crippen MR) is 61.8 cm³/mol. The van der Waals surface area contributed by atoms with Gasteiger partial charge in [-0.15, -0.1) is 0 Å². The van der Waals surface area contributed by atoms with Crippen molar-refractivity contribution < 1.29 is 0 Å². The maximum atomic E-state index is 4.27. The molecule has 0 spiro atoms. The molecule has 0 radical (unpaired) electrons. The second-order valence-corrected chi connectivity index (χ2v) is 3.34. The van der Waals surface area contributed by atoms with E-state index >= 15 is 0 Å². The third kappa shape index (κ3) is 1.96. The summed E-state index contributed by atoms with van der Waals surface area (Å²) in [6.07, 6.45) is 3.60. The lowest BCUT2D eigenvalue weighted by Crippen LogP contribution is -1.95. The number of aryl methyl sites for hydroxylation is 1. The van der Waals surface area contributed by atoms with Crippen LogP contribution in [0.3, 0.4) is 0 Å². The van der Waals surface area contributed by atoms with Crippen molar-refractivity contribution in [1.29, 1.82) is 0 Å². The van der Waals surface area contributed by atoms with Crippen molar-refractivity contribution in [3.63, 3.8) is 0 Å². The van der Waals surface area contributed by atoms with Gasteiger partial charge in [-0.05, 0) is 36.8 Å². The summed E-state index contributed by atoms with van der Waals surface area (Å²) in [5, 5.41) is 3.08. The Labute approximate surface area is 89.2 Å². The number of hydrogen-bond acceptors (Lipinski definition) is 3. The minimum Gasteiger partial charge on any atom is -0.373 e. The standard InChI is InChI=1S/C12H13N3/c1-9-8-10(5-7-14-9)11-4-3-6-15-12(11)13-2/h3-8H,1-2H3,(H,13,15). The summed E-state index contributed by atoms with van der Waals surface area (Å²) in [5.41, 5.74) is 3.25. The Kier molecular flexibility index (Phi) is 2.63. The molecule has 2 rings (SSSR count). The van der Waals surface area contributed by atoms with Gasteiger partial charge < -0.3 is 5.32 Å². The molecule has 3 nitrogen and oxygen atoms in total. The third-order valence-electron chi connectivity index (χ3n) is 2.25. The van der Waals surface area contributed by atoms with Gasteiger partial charge in [-0.1, -0.05) is 0 Å². The average molecular weight is 199 g/mol. The van der Waals surface area contributed by atoms with Gasteiger partial charge in [0.15, 0.2) is 0 Å². The summed E-state index contributed by atoms with van der Waals surface area (Å²) in [4.78, 5) is 8.45. The first-order valence-corrected chi connectivity index (χ1v) is 4.87. The van der Waals surface area contributed by atoms with E-state index in [4.69, 9.17) is 0 Å². The van der Waals surface area contributed by atoms with Crippen molar-refractivity contribution >= 4 is 5.82 Å². The average Bonchev–Trinajstić information content (AvgIpc) is 2.29. The highest BCUT2D eigenvalue weighted by Gasteiger charge is 2.03. The Hall–Kier alpha value is -1.90. The van der Waals surface area contributed by atoms with Gasteiger partial charge in [0.25, 0.3) is 0 Å². The zero-order chi connectivity index (χ0) is 10.7. The Balaban J connectivity index is 2.53. The first-order chi connectivity index (χ1) is 7.31. The lowest BCUT2D eigenvalue weighted by Gasteiger charge is -2.07. The van der Waals surface area contributed by atoms with Crippen LogP contribution in [0.1, 0.15) is 5.69 Å². The van der Waals surface area contributed by atoms with Crippen LogP contribution in [0.15, 0.2) is 36.7 Å². The largest absolute Gasteiger partial charge is 0.373 e. The Bertz CT molecular complexity index is 466. The number of anilines is 1. The molecule has 0 saturated carbocycles. The molecule has 0 aromatic carbocycles. The first kappa shape index (κ1) is 9.65. The van der Waals surface area contributed by atoms with Gasteiger partial charge in [0.05, 0.1) is 0 Å². The monoisotopic (exact) mass is 199 g/mol. The number of nitrogens with zero attached hydrogens (tertiary/aromatic N) is 2. The molecule has 0 unspecified atom stereocenters. The SMILES string of the molecule is CNc1ncccc1-c1ccnc(C)c1. The highest BCUT2D eigenvalue weighted by Crippen LogP contribution is 2.25. The van der Waals surface area contributed by atoms with Crippen LogP contribution in [0.25, 0.3) is 11.1 Å². The Morgan fingerprint density at radius 1 is 1.13 bits per heavy atom. The van der Waals surface area contributed by atoms with Crippen LogP contribution < -0.4 is 5.32 Å². The van der Waals surface area contributed by atoms with E-state index in [1.54, 1.807) is 6.20 Å². The van der Waals surface area contributed by atoms with E-state index in [1.807, 2.05) is 38.4 Å². The molecular weight excluding hydrogens is 186 g/mol. The van der Waals surface area contributed by atoms with Crippen LogP contribution >= 0.6 is 0 Å². The van der Waals surface area contributed by atoms with Gasteiger partial charge in [-0.25, -0.2) is 4.98 Å². The number of aromatic nitrogens is 2. The summed E-state index contributed by atoms with van der Waals surface area (Å²) >= 11 is 0. The van der Waals surface area contributed by atoms with E-state index in [-0.39, 0.29) is 0 Å². The molecule has 0 aliphatic carbocycles. The number of pyridine rings is 2. The summed E-state index contributed by atoms with van der Waals surface area (Å²) < 4.78 is 0. The van der Waals surface area contributed by atoms with Crippen LogP contribution in [0.5, 0.6) is 0 Å².